The first-order chi connectivity index (χ1) is 10.5. The van der Waals surface area contributed by atoms with Crippen molar-refractivity contribution in [2.75, 3.05) is 0 Å². The third kappa shape index (κ3) is 1.33. The molecule has 0 saturated heterocycles. The van der Waals surface area contributed by atoms with Crippen LogP contribution in [0.2, 0.25) is 0 Å². The van der Waals surface area contributed by atoms with Crippen molar-refractivity contribution < 1.29 is 15.3 Å². The Hall–Kier alpha value is -0.120. The zero-order valence-corrected chi connectivity index (χ0v) is 13.7. The number of aliphatic hydroxyl groups excluding tert-OH is 3. The van der Waals surface area contributed by atoms with Gasteiger partial charge in [0.1, 0.15) is 0 Å². The lowest BCUT2D eigenvalue weighted by Crippen LogP contribution is -2.50. The van der Waals surface area contributed by atoms with E-state index in [1.807, 2.05) is 0 Å². The summed E-state index contributed by atoms with van der Waals surface area (Å²) in [4.78, 5) is 0. The van der Waals surface area contributed by atoms with Gasteiger partial charge >= 0.3 is 0 Å². The Kier molecular flexibility index (Phi) is 2.65. The fraction of sp³-hybridized carbons (Fsp3) is 1.00. The van der Waals surface area contributed by atoms with Crippen molar-refractivity contribution in [2.24, 2.45) is 34.0 Å². The Morgan fingerprint density at radius 3 is 2.45 bits per heavy atom. The van der Waals surface area contributed by atoms with Crippen molar-refractivity contribution in [3.05, 3.63) is 0 Å². The van der Waals surface area contributed by atoms with Crippen LogP contribution < -0.4 is 0 Å². The van der Waals surface area contributed by atoms with Gasteiger partial charge in [-0.1, -0.05) is 6.92 Å². The van der Waals surface area contributed by atoms with Gasteiger partial charge in [0.2, 0.25) is 0 Å². The van der Waals surface area contributed by atoms with E-state index in [9.17, 15) is 15.3 Å². The van der Waals surface area contributed by atoms with Crippen LogP contribution in [0.5, 0.6) is 0 Å². The largest absolute Gasteiger partial charge is 0.393 e. The summed E-state index contributed by atoms with van der Waals surface area (Å²) < 4.78 is 0. The summed E-state index contributed by atoms with van der Waals surface area (Å²) in [6.45, 7) is 2.32. The minimum atomic E-state index is -0.191. The highest BCUT2D eigenvalue weighted by molar-refractivity contribution is 5.30. The van der Waals surface area contributed by atoms with Crippen molar-refractivity contribution in [3.8, 4) is 0 Å². The van der Waals surface area contributed by atoms with E-state index in [2.05, 4.69) is 6.92 Å². The first-order valence-corrected chi connectivity index (χ1v) is 9.50. The van der Waals surface area contributed by atoms with E-state index >= 15 is 0 Å². The number of rotatable bonds is 0. The number of aliphatic hydroxyl groups is 3. The van der Waals surface area contributed by atoms with Crippen LogP contribution in [0, 0.1) is 34.0 Å². The molecule has 0 bridgehead atoms. The van der Waals surface area contributed by atoms with Gasteiger partial charge in [0.15, 0.2) is 0 Å². The molecule has 0 aromatic rings. The third-order valence-corrected chi connectivity index (χ3v) is 9.32. The van der Waals surface area contributed by atoms with Crippen LogP contribution in [0.3, 0.4) is 0 Å². The topological polar surface area (TPSA) is 60.7 Å². The molecule has 0 aliphatic heterocycles. The van der Waals surface area contributed by atoms with Gasteiger partial charge in [0, 0.05) is 10.8 Å². The monoisotopic (exact) mass is 306 g/mol. The van der Waals surface area contributed by atoms with Gasteiger partial charge in [-0.05, 0) is 81.0 Å². The summed E-state index contributed by atoms with van der Waals surface area (Å²) in [6, 6.07) is 0. The Morgan fingerprint density at radius 2 is 1.64 bits per heavy atom. The second-order valence-electron chi connectivity index (χ2n) is 9.55. The molecule has 22 heavy (non-hydrogen) atoms. The quantitative estimate of drug-likeness (QED) is 0.644. The summed E-state index contributed by atoms with van der Waals surface area (Å²) in [5.74, 6) is 2.01. The van der Waals surface area contributed by atoms with Gasteiger partial charge in [-0.2, -0.15) is 0 Å². The molecule has 3 N–H and O–H groups in total. The Morgan fingerprint density at radius 1 is 0.818 bits per heavy atom. The third-order valence-electron chi connectivity index (χ3n) is 9.32. The van der Waals surface area contributed by atoms with Crippen LogP contribution >= 0.6 is 0 Å². The van der Waals surface area contributed by atoms with Gasteiger partial charge in [0.25, 0.3) is 0 Å². The lowest BCUT2D eigenvalue weighted by Gasteiger charge is -2.55. The van der Waals surface area contributed by atoms with Gasteiger partial charge in [-0.3, -0.25) is 0 Å². The minimum Gasteiger partial charge on any atom is -0.393 e. The highest BCUT2D eigenvalue weighted by Gasteiger charge is 2.82. The van der Waals surface area contributed by atoms with Crippen LogP contribution in [-0.2, 0) is 0 Å². The minimum absolute atomic E-state index is 0.0524. The van der Waals surface area contributed by atoms with Crippen LogP contribution in [0.4, 0.5) is 0 Å². The number of fused-ring (bicyclic) bond motifs is 3. The average molecular weight is 306 g/mol. The Bertz CT molecular complexity index is 507. The Balaban J connectivity index is 1.51. The zero-order valence-electron chi connectivity index (χ0n) is 13.7. The molecule has 9 atom stereocenters. The molecule has 0 amide bonds. The van der Waals surface area contributed by atoms with Crippen LogP contribution in [0.1, 0.15) is 64.7 Å². The lowest BCUT2D eigenvalue weighted by molar-refractivity contribution is -0.0935. The van der Waals surface area contributed by atoms with E-state index in [1.165, 1.54) is 19.3 Å². The Labute approximate surface area is 133 Å². The van der Waals surface area contributed by atoms with Crippen LogP contribution in [0.25, 0.3) is 0 Å². The standard InChI is InChI=1S/C19H30O3/c1-17-7-6-14-12(13(17)2-3-15(17)21)5-8-18-10-11(20)4-9-19(14,18)16(18)22/h11-16,20-22H,2-10H2,1H3/t11?,12-,13-,14-,15-,16+,17-,18-,19-/m0/s1. The van der Waals surface area contributed by atoms with E-state index in [-0.39, 0.29) is 34.6 Å². The fourth-order valence-corrected chi connectivity index (χ4v) is 8.24. The second kappa shape index (κ2) is 4.10. The van der Waals surface area contributed by atoms with E-state index < -0.39 is 0 Å². The van der Waals surface area contributed by atoms with E-state index in [0.717, 1.165) is 38.5 Å². The smallest absolute Gasteiger partial charge is 0.0669 e. The molecule has 0 aromatic heterocycles. The van der Waals surface area contributed by atoms with Crippen molar-refractivity contribution in [1.29, 1.82) is 0 Å². The molecule has 0 spiro atoms. The maximum Gasteiger partial charge on any atom is 0.0669 e. The molecular weight excluding hydrogens is 276 g/mol. The average Bonchev–Trinajstić information content (AvgIpc) is 2.89. The number of hydrogen-bond donors (Lipinski definition) is 3. The molecule has 5 saturated carbocycles. The zero-order chi connectivity index (χ0) is 15.3. The van der Waals surface area contributed by atoms with E-state index in [4.69, 9.17) is 0 Å². The first-order valence-electron chi connectivity index (χ1n) is 9.50. The molecule has 5 aliphatic carbocycles. The summed E-state index contributed by atoms with van der Waals surface area (Å²) in [5.41, 5.74) is 0.312. The predicted molar refractivity (Wildman–Crippen MR) is 83.0 cm³/mol. The summed E-state index contributed by atoms with van der Waals surface area (Å²) >= 11 is 0. The van der Waals surface area contributed by atoms with Gasteiger partial charge in [-0.25, -0.2) is 0 Å². The number of hydrogen-bond acceptors (Lipinski definition) is 3. The molecule has 3 nitrogen and oxygen atoms in total. The maximum atomic E-state index is 10.9. The SMILES string of the molecule is C[C@]12CC[C@H]3[C@@H](CC[C@@]45CC(O)CC[C@@]34[C@@H]5O)[C@@H]1CC[C@@H]2O. The molecule has 5 fully saturated rings. The van der Waals surface area contributed by atoms with Crippen molar-refractivity contribution in [3.63, 3.8) is 0 Å². The van der Waals surface area contributed by atoms with E-state index in [1.54, 1.807) is 0 Å². The van der Waals surface area contributed by atoms with Crippen LogP contribution in [0.15, 0.2) is 0 Å². The molecule has 0 heterocycles. The molecular formula is C19H30O3. The summed E-state index contributed by atoms with van der Waals surface area (Å²) in [6.07, 6.45) is 9.07. The van der Waals surface area contributed by atoms with Crippen molar-refractivity contribution in [2.45, 2.75) is 83.0 Å². The maximum absolute atomic E-state index is 10.9. The molecule has 0 aromatic carbocycles. The van der Waals surface area contributed by atoms with Crippen molar-refractivity contribution >= 4 is 0 Å². The van der Waals surface area contributed by atoms with Gasteiger partial charge in [0.05, 0.1) is 18.3 Å². The predicted octanol–water partition coefficient (Wildman–Crippen LogP) is 2.48. The first kappa shape index (κ1) is 14.2. The molecule has 5 aliphatic rings. The molecule has 3 heteroatoms. The van der Waals surface area contributed by atoms with Gasteiger partial charge in [-0.15, -0.1) is 0 Å². The molecule has 5 rings (SSSR count). The second-order valence-corrected chi connectivity index (χ2v) is 9.55. The van der Waals surface area contributed by atoms with Gasteiger partial charge < -0.3 is 15.3 Å². The van der Waals surface area contributed by atoms with Crippen molar-refractivity contribution in [1.82, 2.24) is 0 Å². The molecule has 0 radical (unpaired) electrons. The highest BCUT2D eigenvalue weighted by Crippen LogP contribution is 2.82. The highest BCUT2D eigenvalue weighted by atomic mass is 16.3. The van der Waals surface area contributed by atoms with E-state index in [0.29, 0.717) is 17.8 Å². The normalized spacial score (nSPS) is 66.0. The van der Waals surface area contributed by atoms with Crippen LogP contribution in [-0.4, -0.2) is 33.6 Å². The lowest BCUT2D eigenvalue weighted by atomic mass is 9.50. The summed E-state index contributed by atoms with van der Waals surface area (Å²) in [7, 11) is 0. The molecule has 124 valence electrons. The fourth-order valence-electron chi connectivity index (χ4n) is 8.24. The summed E-state index contributed by atoms with van der Waals surface area (Å²) in [5, 5.41) is 31.5. The molecule has 1 unspecified atom stereocenters.